The highest BCUT2D eigenvalue weighted by Crippen LogP contribution is 2.26. The summed E-state index contributed by atoms with van der Waals surface area (Å²) in [4.78, 5) is 13.0. The van der Waals surface area contributed by atoms with Crippen molar-refractivity contribution in [2.24, 2.45) is 0 Å². The average molecular weight is 300 g/mol. The fourth-order valence-electron chi connectivity index (χ4n) is 1.88. The summed E-state index contributed by atoms with van der Waals surface area (Å²) in [5.74, 6) is -0.846. The SMILES string of the molecule is Cc1ccc(N2CCOCC2C(=O)O)cc1Br. The molecule has 1 atom stereocenters. The molecule has 1 N–H and O–H groups in total. The Morgan fingerprint density at radius 2 is 2.35 bits per heavy atom. The molecule has 0 saturated carbocycles. The molecule has 0 amide bonds. The first kappa shape index (κ1) is 12.4. The molecule has 2 rings (SSSR count). The molecule has 1 heterocycles. The molecule has 0 aromatic heterocycles. The molecule has 0 spiro atoms. The molecule has 17 heavy (non-hydrogen) atoms. The van der Waals surface area contributed by atoms with Gasteiger partial charge in [-0.2, -0.15) is 0 Å². The van der Waals surface area contributed by atoms with Gasteiger partial charge in [0.25, 0.3) is 0 Å². The van der Waals surface area contributed by atoms with E-state index in [-0.39, 0.29) is 6.61 Å². The Morgan fingerprint density at radius 1 is 1.59 bits per heavy atom. The maximum atomic E-state index is 11.2. The summed E-state index contributed by atoms with van der Waals surface area (Å²) in [7, 11) is 0. The number of ether oxygens (including phenoxy) is 1. The number of carboxylic acids is 1. The molecule has 1 aromatic rings. The number of aliphatic carboxylic acids is 1. The number of morpholine rings is 1. The second-order valence-corrected chi connectivity index (χ2v) is 4.91. The third-order valence-electron chi connectivity index (χ3n) is 2.90. The Bertz CT molecular complexity index is 436. The fourth-order valence-corrected chi connectivity index (χ4v) is 2.24. The molecule has 92 valence electrons. The lowest BCUT2D eigenvalue weighted by Crippen LogP contribution is -2.50. The third kappa shape index (κ3) is 2.61. The van der Waals surface area contributed by atoms with E-state index in [4.69, 9.17) is 9.84 Å². The van der Waals surface area contributed by atoms with Crippen molar-refractivity contribution < 1.29 is 14.6 Å². The molecule has 0 radical (unpaired) electrons. The number of benzene rings is 1. The Balaban J connectivity index is 2.29. The van der Waals surface area contributed by atoms with Gasteiger partial charge in [-0.05, 0) is 24.6 Å². The lowest BCUT2D eigenvalue weighted by molar-refractivity contribution is -0.141. The van der Waals surface area contributed by atoms with Crippen LogP contribution in [0.25, 0.3) is 0 Å². The van der Waals surface area contributed by atoms with Crippen LogP contribution in [0.15, 0.2) is 22.7 Å². The van der Waals surface area contributed by atoms with Crippen LogP contribution in [-0.4, -0.2) is 36.9 Å². The highest BCUT2D eigenvalue weighted by molar-refractivity contribution is 9.10. The van der Waals surface area contributed by atoms with Crippen molar-refractivity contribution in [1.82, 2.24) is 0 Å². The van der Waals surface area contributed by atoms with Crippen LogP contribution in [0.4, 0.5) is 5.69 Å². The van der Waals surface area contributed by atoms with E-state index < -0.39 is 12.0 Å². The third-order valence-corrected chi connectivity index (χ3v) is 3.75. The molecule has 1 fully saturated rings. The highest BCUT2D eigenvalue weighted by atomic mass is 79.9. The van der Waals surface area contributed by atoms with Crippen LogP contribution in [0.2, 0.25) is 0 Å². The van der Waals surface area contributed by atoms with Gasteiger partial charge in [-0.3, -0.25) is 0 Å². The van der Waals surface area contributed by atoms with E-state index in [2.05, 4.69) is 15.9 Å². The second kappa shape index (κ2) is 5.06. The molecule has 5 heteroatoms. The van der Waals surface area contributed by atoms with E-state index in [1.54, 1.807) is 0 Å². The van der Waals surface area contributed by atoms with Gasteiger partial charge in [0.05, 0.1) is 13.2 Å². The minimum absolute atomic E-state index is 0.237. The lowest BCUT2D eigenvalue weighted by Gasteiger charge is -2.34. The molecule has 1 unspecified atom stereocenters. The quantitative estimate of drug-likeness (QED) is 0.908. The van der Waals surface area contributed by atoms with Gasteiger partial charge in [-0.25, -0.2) is 4.79 Å². The average Bonchev–Trinajstić information content (AvgIpc) is 2.32. The van der Waals surface area contributed by atoms with E-state index >= 15 is 0 Å². The maximum absolute atomic E-state index is 11.2. The number of anilines is 1. The molecule has 1 saturated heterocycles. The first-order valence-electron chi connectivity index (χ1n) is 5.43. The molecular weight excluding hydrogens is 286 g/mol. The minimum atomic E-state index is -0.846. The van der Waals surface area contributed by atoms with Crippen molar-refractivity contribution >= 4 is 27.6 Å². The van der Waals surface area contributed by atoms with E-state index in [0.29, 0.717) is 13.2 Å². The molecule has 0 aliphatic carbocycles. The van der Waals surface area contributed by atoms with Crippen LogP contribution >= 0.6 is 15.9 Å². The molecule has 1 aliphatic rings. The van der Waals surface area contributed by atoms with E-state index in [0.717, 1.165) is 15.7 Å². The van der Waals surface area contributed by atoms with Crippen LogP contribution in [-0.2, 0) is 9.53 Å². The van der Waals surface area contributed by atoms with Gasteiger partial charge in [0, 0.05) is 16.7 Å². The number of halogens is 1. The van der Waals surface area contributed by atoms with Crippen molar-refractivity contribution in [2.45, 2.75) is 13.0 Å². The molecule has 1 aromatic carbocycles. The van der Waals surface area contributed by atoms with E-state index in [9.17, 15) is 4.79 Å². The summed E-state index contributed by atoms with van der Waals surface area (Å²) in [6, 6.07) is 5.28. The number of rotatable bonds is 2. The number of hydrogen-bond donors (Lipinski definition) is 1. The number of nitrogens with zero attached hydrogens (tertiary/aromatic N) is 1. The van der Waals surface area contributed by atoms with Crippen LogP contribution in [0.5, 0.6) is 0 Å². The van der Waals surface area contributed by atoms with Crippen LogP contribution in [0, 0.1) is 6.92 Å². The van der Waals surface area contributed by atoms with Gasteiger partial charge in [-0.15, -0.1) is 0 Å². The van der Waals surface area contributed by atoms with E-state index in [1.807, 2.05) is 30.0 Å². The number of carbonyl (C=O) groups is 1. The van der Waals surface area contributed by atoms with Crippen LogP contribution < -0.4 is 4.90 Å². The van der Waals surface area contributed by atoms with Crippen LogP contribution in [0.1, 0.15) is 5.56 Å². The zero-order valence-electron chi connectivity index (χ0n) is 9.52. The summed E-state index contributed by atoms with van der Waals surface area (Å²) >= 11 is 3.46. The van der Waals surface area contributed by atoms with E-state index in [1.165, 1.54) is 0 Å². The summed E-state index contributed by atoms with van der Waals surface area (Å²) < 4.78 is 6.21. The lowest BCUT2D eigenvalue weighted by atomic mass is 10.1. The van der Waals surface area contributed by atoms with Crippen molar-refractivity contribution in [3.05, 3.63) is 28.2 Å². The predicted octanol–water partition coefficient (Wildman–Crippen LogP) is 2.05. The van der Waals surface area contributed by atoms with Crippen molar-refractivity contribution in [3.8, 4) is 0 Å². The molecule has 1 aliphatic heterocycles. The number of carboxylic acid groups (broad SMARTS) is 1. The van der Waals surface area contributed by atoms with Crippen molar-refractivity contribution in [2.75, 3.05) is 24.7 Å². The van der Waals surface area contributed by atoms with Gasteiger partial charge in [0.2, 0.25) is 0 Å². The largest absolute Gasteiger partial charge is 0.480 e. The molecular formula is C12H14BrNO3. The fraction of sp³-hybridized carbons (Fsp3) is 0.417. The zero-order chi connectivity index (χ0) is 12.4. The van der Waals surface area contributed by atoms with Gasteiger partial charge in [0.15, 0.2) is 6.04 Å². The predicted molar refractivity (Wildman–Crippen MR) is 68.5 cm³/mol. The Morgan fingerprint density at radius 3 is 3.00 bits per heavy atom. The summed E-state index contributed by atoms with van der Waals surface area (Å²) in [6.07, 6.45) is 0. The van der Waals surface area contributed by atoms with Gasteiger partial charge >= 0.3 is 5.97 Å². The molecule has 0 bridgehead atoms. The Kier molecular flexibility index (Phi) is 3.69. The Hall–Kier alpha value is -1.07. The zero-order valence-corrected chi connectivity index (χ0v) is 11.1. The van der Waals surface area contributed by atoms with Crippen molar-refractivity contribution in [3.63, 3.8) is 0 Å². The summed E-state index contributed by atoms with van der Waals surface area (Å²) in [5, 5.41) is 9.16. The summed E-state index contributed by atoms with van der Waals surface area (Å²) in [6.45, 7) is 3.41. The molecule has 4 nitrogen and oxygen atoms in total. The highest BCUT2D eigenvalue weighted by Gasteiger charge is 2.29. The second-order valence-electron chi connectivity index (χ2n) is 4.06. The topological polar surface area (TPSA) is 49.8 Å². The van der Waals surface area contributed by atoms with Crippen LogP contribution in [0.3, 0.4) is 0 Å². The smallest absolute Gasteiger partial charge is 0.328 e. The van der Waals surface area contributed by atoms with Gasteiger partial charge in [0.1, 0.15) is 0 Å². The number of aryl methyl sites for hydroxylation is 1. The minimum Gasteiger partial charge on any atom is -0.480 e. The first-order valence-corrected chi connectivity index (χ1v) is 6.22. The first-order chi connectivity index (χ1) is 8.09. The normalized spacial score (nSPS) is 20.4. The maximum Gasteiger partial charge on any atom is 0.328 e. The standard InChI is InChI=1S/C12H14BrNO3/c1-8-2-3-9(6-10(8)13)14-4-5-17-7-11(14)12(15)16/h2-3,6,11H,4-5,7H2,1H3,(H,15,16). The number of hydrogen-bond acceptors (Lipinski definition) is 3. The van der Waals surface area contributed by atoms with Gasteiger partial charge in [-0.1, -0.05) is 22.0 Å². The Labute approximate surface area is 108 Å². The van der Waals surface area contributed by atoms with Gasteiger partial charge < -0.3 is 14.7 Å². The van der Waals surface area contributed by atoms with Crippen molar-refractivity contribution in [1.29, 1.82) is 0 Å². The monoisotopic (exact) mass is 299 g/mol. The summed E-state index contributed by atoms with van der Waals surface area (Å²) in [5.41, 5.74) is 2.05.